The molecule has 1 atom stereocenters. The Morgan fingerprint density at radius 2 is 1.74 bits per heavy atom. The van der Waals surface area contributed by atoms with E-state index in [0.717, 1.165) is 18.4 Å². The predicted molar refractivity (Wildman–Crippen MR) is 131 cm³/mol. The van der Waals surface area contributed by atoms with Gasteiger partial charge in [-0.3, -0.25) is 19.0 Å². The van der Waals surface area contributed by atoms with Crippen LogP contribution in [0.5, 0.6) is 0 Å². The molecular formula is C26H25Cl2FN2O4. The minimum atomic E-state index is -1.31. The number of likely N-dealkylation sites (tertiary alicyclic amines) is 1. The number of rotatable bonds is 5. The maximum absolute atomic E-state index is 15.2. The highest BCUT2D eigenvalue weighted by Gasteiger charge is 2.35. The molecule has 1 aliphatic heterocycles. The Balaban J connectivity index is 1.41. The van der Waals surface area contributed by atoms with E-state index in [4.69, 9.17) is 28.3 Å². The Bertz CT molecular complexity index is 1240. The molecule has 35 heavy (non-hydrogen) atoms. The fourth-order valence-electron chi connectivity index (χ4n) is 5.18. The largest absolute Gasteiger partial charge is 0.481 e. The standard InChI is InChI=1S/C26H25Cl2FN2O4/c27-19-4-3-18(25(34)30-8-5-14(6-9-30)11-21(32)33)23(28)22(19)26(35)31-10-7-16-12-17(15-1-2-15)13-20(29)24(16)31/h3-4,7,10,12,14-15,20H,1-2,5-6,8-9,11,13H2,(H,32,33). The molecule has 9 heteroatoms. The summed E-state index contributed by atoms with van der Waals surface area (Å²) in [7, 11) is 0. The Morgan fingerprint density at radius 3 is 2.40 bits per heavy atom. The topological polar surface area (TPSA) is 79.6 Å². The molecule has 1 N–H and O–H groups in total. The van der Waals surface area contributed by atoms with Crippen LogP contribution in [0.2, 0.25) is 10.0 Å². The minimum absolute atomic E-state index is 0.0254. The van der Waals surface area contributed by atoms with Crippen LogP contribution < -0.4 is 0 Å². The van der Waals surface area contributed by atoms with Crippen molar-refractivity contribution in [3.05, 3.63) is 62.4 Å². The number of benzene rings is 1. The van der Waals surface area contributed by atoms with Crippen molar-refractivity contribution in [1.82, 2.24) is 9.47 Å². The maximum Gasteiger partial charge on any atom is 0.303 e. The molecule has 2 heterocycles. The van der Waals surface area contributed by atoms with E-state index in [-0.39, 0.29) is 51.5 Å². The van der Waals surface area contributed by atoms with Crippen LogP contribution in [0.1, 0.15) is 76.7 Å². The lowest BCUT2D eigenvalue weighted by atomic mass is 9.93. The van der Waals surface area contributed by atoms with E-state index in [1.54, 1.807) is 11.0 Å². The first-order valence-corrected chi connectivity index (χ1v) is 12.6. The lowest BCUT2D eigenvalue weighted by molar-refractivity contribution is -0.138. The van der Waals surface area contributed by atoms with Crippen LogP contribution in [-0.2, 0) is 4.79 Å². The van der Waals surface area contributed by atoms with Gasteiger partial charge in [-0.1, -0.05) is 34.9 Å². The summed E-state index contributed by atoms with van der Waals surface area (Å²) in [5.74, 6) is -1.30. The number of aliphatic carboxylic acids is 1. The van der Waals surface area contributed by atoms with E-state index in [0.29, 0.717) is 37.4 Å². The smallest absolute Gasteiger partial charge is 0.303 e. The number of carboxylic acid groups (broad SMARTS) is 1. The van der Waals surface area contributed by atoms with Gasteiger partial charge in [0.1, 0.15) is 6.17 Å². The van der Waals surface area contributed by atoms with E-state index >= 15 is 4.39 Å². The van der Waals surface area contributed by atoms with Gasteiger partial charge in [-0.15, -0.1) is 0 Å². The monoisotopic (exact) mass is 518 g/mol. The first-order chi connectivity index (χ1) is 16.7. The zero-order chi connectivity index (χ0) is 24.9. The summed E-state index contributed by atoms with van der Waals surface area (Å²) in [6, 6.07) is 4.67. The zero-order valence-electron chi connectivity index (χ0n) is 19.0. The Morgan fingerprint density at radius 1 is 1.03 bits per heavy atom. The highest BCUT2D eigenvalue weighted by molar-refractivity contribution is 6.41. The number of hydrogen-bond acceptors (Lipinski definition) is 3. The van der Waals surface area contributed by atoms with E-state index in [9.17, 15) is 14.4 Å². The number of nitrogens with zero attached hydrogens (tertiary/aromatic N) is 2. The summed E-state index contributed by atoms with van der Waals surface area (Å²) in [6.07, 6.45) is 5.87. The number of carbonyl (C=O) groups excluding carboxylic acids is 2. The van der Waals surface area contributed by atoms with Crippen molar-refractivity contribution < 1.29 is 23.9 Å². The molecule has 2 aromatic rings. The van der Waals surface area contributed by atoms with Gasteiger partial charge in [-0.05, 0) is 61.3 Å². The van der Waals surface area contributed by atoms with Crippen LogP contribution in [0.4, 0.5) is 4.39 Å². The number of hydrogen-bond donors (Lipinski definition) is 1. The molecule has 1 unspecified atom stereocenters. The summed E-state index contributed by atoms with van der Waals surface area (Å²) in [5.41, 5.74) is 2.16. The normalized spacial score (nSPS) is 20.4. The molecule has 1 aromatic heterocycles. The van der Waals surface area contributed by atoms with E-state index < -0.39 is 18.0 Å². The number of halogens is 3. The molecule has 1 saturated carbocycles. The second-order valence-electron chi connectivity index (χ2n) is 9.61. The van der Waals surface area contributed by atoms with Crippen molar-refractivity contribution in [2.45, 2.75) is 44.7 Å². The first kappa shape index (κ1) is 24.1. The van der Waals surface area contributed by atoms with Crippen LogP contribution in [-0.4, -0.2) is 45.4 Å². The second kappa shape index (κ2) is 9.43. The quantitative estimate of drug-likeness (QED) is 0.524. The van der Waals surface area contributed by atoms with Crippen molar-refractivity contribution >= 4 is 47.1 Å². The van der Waals surface area contributed by atoms with Crippen molar-refractivity contribution in [3.63, 3.8) is 0 Å². The molecule has 6 nitrogen and oxygen atoms in total. The van der Waals surface area contributed by atoms with Gasteiger partial charge in [-0.25, -0.2) is 4.39 Å². The van der Waals surface area contributed by atoms with Gasteiger partial charge in [0, 0.05) is 32.1 Å². The molecule has 2 fully saturated rings. The molecule has 184 valence electrons. The highest BCUT2D eigenvalue weighted by Crippen LogP contribution is 2.46. The minimum Gasteiger partial charge on any atom is -0.481 e. The third-order valence-electron chi connectivity index (χ3n) is 7.23. The zero-order valence-corrected chi connectivity index (χ0v) is 20.5. The van der Waals surface area contributed by atoms with Gasteiger partial charge in [0.15, 0.2) is 0 Å². The van der Waals surface area contributed by atoms with Crippen LogP contribution in [0.25, 0.3) is 6.08 Å². The number of alkyl halides is 1. The molecule has 1 saturated heterocycles. The Labute approximate surface area is 212 Å². The molecule has 5 rings (SSSR count). The fraction of sp³-hybridized carbons (Fsp3) is 0.423. The van der Waals surface area contributed by atoms with Crippen LogP contribution >= 0.6 is 23.2 Å². The van der Waals surface area contributed by atoms with E-state index in [2.05, 4.69) is 0 Å². The van der Waals surface area contributed by atoms with Gasteiger partial charge >= 0.3 is 5.97 Å². The third-order valence-corrected chi connectivity index (χ3v) is 7.94. The maximum atomic E-state index is 15.2. The second-order valence-corrected chi connectivity index (χ2v) is 10.4. The lowest BCUT2D eigenvalue weighted by Crippen LogP contribution is -2.39. The van der Waals surface area contributed by atoms with Crippen LogP contribution in [0.15, 0.2) is 30.0 Å². The van der Waals surface area contributed by atoms with Gasteiger partial charge in [0.25, 0.3) is 11.8 Å². The average Bonchev–Trinajstić information content (AvgIpc) is 3.58. The van der Waals surface area contributed by atoms with E-state index in [1.807, 2.05) is 6.08 Å². The number of piperidine rings is 1. The fourth-order valence-corrected chi connectivity index (χ4v) is 5.80. The molecule has 2 aliphatic carbocycles. The number of carbonyl (C=O) groups is 3. The number of aromatic nitrogens is 1. The number of amides is 1. The van der Waals surface area contributed by atoms with Crippen molar-refractivity contribution in [3.8, 4) is 0 Å². The van der Waals surface area contributed by atoms with Gasteiger partial charge in [0.2, 0.25) is 0 Å². The SMILES string of the molecule is O=C(O)CC1CCN(C(=O)c2ccc(Cl)c(C(=O)n3ccc4c3C(F)CC(C3CC3)=C4)c2Cl)CC1. The summed E-state index contributed by atoms with van der Waals surface area (Å²) in [5, 5.41) is 9.02. The van der Waals surface area contributed by atoms with Crippen molar-refractivity contribution in [1.29, 1.82) is 0 Å². The predicted octanol–water partition coefficient (Wildman–Crippen LogP) is 6.02. The van der Waals surface area contributed by atoms with Gasteiger partial charge < -0.3 is 10.0 Å². The van der Waals surface area contributed by atoms with Crippen molar-refractivity contribution in [2.75, 3.05) is 13.1 Å². The average molecular weight is 519 g/mol. The Hall–Kier alpha value is -2.64. The van der Waals surface area contributed by atoms with E-state index in [1.165, 1.54) is 22.9 Å². The third kappa shape index (κ3) is 4.64. The summed E-state index contributed by atoms with van der Waals surface area (Å²) >= 11 is 12.9. The number of carboxylic acids is 1. The molecule has 1 amide bonds. The Kier molecular flexibility index (Phi) is 6.49. The van der Waals surface area contributed by atoms with Gasteiger partial charge in [-0.2, -0.15) is 0 Å². The van der Waals surface area contributed by atoms with Crippen LogP contribution in [0, 0.1) is 11.8 Å². The molecule has 0 radical (unpaired) electrons. The summed E-state index contributed by atoms with van der Waals surface area (Å²) < 4.78 is 16.4. The summed E-state index contributed by atoms with van der Waals surface area (Å²) in [6.45, 7) is 0.812. The summed E-state index contributed by atoms with van der Waals surface area (Å²) in [4.78, 5) is 39.3. The molecular weight excluding hydrogens is 494 g/mol. The van der Waals surface area contributed by atoms with Crippen molar-refractivity contribution in [2.24, 2.45) is 11.8 Å². The van der Waals surface area contributed by atoms with Gasteiger partial charge in [0.05, 0.1) is 26.9 Å². The van der Waals surface area contributed by atoms with Crippen LogP contribution in [0.3, 0.4) is 0 Å². The number of allylic oxidation sites excluding steroid dienone is 1. The number of fused-ring (bicyclic) bond motifs is 1. The first-order valence-electron chi connectivity index (χ1n) is 11.8. The molecule has 3 aliphatic rings. The lowest BCUT2D eigenvalue weighted by Gasteiger charge is -2.31. The molecule has 0 spiro atoms. The molecule has 0 bridgehead atoms. The molecule has 1 aromatic carbocycles. The highest BCUT2D eigenvalue weighted by atomic mass is 35.5.